The number of hydrogen-bond donors (Lipinski definition) is 2. The lowest BCUT2D eigenvalue weighted by molar-refractivity contribution is 0.0666. The number of nitrogens with one attached hydrogen (secondary N) is 2. The Hall–Kier alpha value is -2.87. The van der Waals surface area contributed by atoms with Crippen molar-refractivity contribution in [3.8, 4) is 0 Å². The fourth-order valence-electron chi connectivity index (χ4n) is 3.16. The molecule has 0 spiro atoms. The molecule has 0 aliphatic carbocycles. The number of piperazine rings is 1. The summed E-state index contributed by atoms with van der Waals surface area (Å²) >= 11 is 3.38. The van der Waals surface area contributed by atoms with Gasteiger partial charge in [0.2, 0.25) is 0 Å². The average Bonchev–Trinajstić information content (AvgIpc) is 2.74. The summed E-state index contributed by atoms with van der Waals surface area (Å²) in [6.45, 7) is 4.29. The molecular formula is C21H23BrN4O3. The molecule has 2 aromatic rings. The average molecular weight is 459 g/mol. The highest BCUT2D eigenvalue weighted by Crippen LogP contribution is 2.22. The zero-order chi connectivity index (χ0) is 20.8. The summed E-state index contributed by atoms with van der Waals surface area (Å²) in [7, 11) is 0. The minimum atomic E-state index is -0.293. The molecule has 0 aromatic heterocycles. The van der Waals surface area contributed by atoms with Crippen LogP contribution in [-0.2, 0) is 0 Å². The molecule has 1 aliphatic heterocycles. The van der Waals surface area contributed by atoms with Crippen molar-refractivity contribution in [2.24, 2.45) is 0 Å². The molecule has 0 unspecified atom stereocenters. The van der Waals surface area contributed by atoms with Crippen LogP contribution in [-0.4, -0.2) is 60.4 Å². The lowest BCUT2D eigenvalue weighted by Gasteiger charge is -2.35. The molecular weight excluding hydrogens is 436 g/mol. The Morgan fingerprint density at radius 2 is 1.48 bits per heavy atom. The van der Waals surface area contributed by atoms with Crippen molar-refractivity contribution in [3.63, 3.8) is 0 Å². The van der Waals surface area contributed by atoms with Gasteiger partial charge >= 0.3 is 6.03 Å². The molecule has 3 rings (SSSR count). The third kappa shape index (κ3) is 4.95. The van der Waals surface area contributed by atoms with Crippen LogP contribution in [0, 0.1) is 0 Å². The van der Waals surface area contributed by atoms with Crippen molar-refractivity contribution >= 4 is 39.5 Å². The van der Waals surface area contributed by atoms with E-state index in [0.717, 1.165) is 0 Å². The SMILES string of the molecule is CCNC(=O)N1CCN(C(=O)c2ccccc2NC(=O)c2ccccc2Br)CC1. The van der Waals surface area contributed by atoms with Crippen LogP contribution < -0.4 is 10.6 Å². The monoisotopic (exact) mass is 458 g/mol. The third-order valence-corrected chi connectivity index (χ3v) is 5.40. The lowest BCUT2D eigenvalue weighted by Crippen LogP contribution is -2.53. The predicted octanol–water partition coefficient (Wildman–Crippen LogP) is 3.19. The van der Waals surface area contributed by atoms with Crippen LogP contribution in [0.1, 0.15) is 27.6 Å². The second kappa shape index (κ2) is 9.56. The molecule has 0 atom stereocenters. The van der Waals surface area contributed by atoms with Gasteiger partial charge < -0.3 is 20.4 Å². The van der Waals surface area contributed by atoms with Crippen LogP contribution in [0.2, 0.25) is 0 Å². The second-order valence-corrected chi connectivity index (χ2v) is 7.45. The molecule has 0 saturated carbocycles. The Morgan fingerprint density at radius 1 is 0.897 bits per heavy atom. The first-order chi connectivity index (χ1) is 14.0. The van der Waals surface area contributed by atoms with Crippen molar-refractivity contribution in [3.05, 3.63) is 64.1 Å². The van der Waals surface area contributed by atoms with E-state index < -0.39 is 0 Å². The van der Waals surface area contributed by atoms with Crippen LogP contribution >= 0.6 is 15.9 Å². The minimum Gasteiger partial charge on any atom is -0.338 e. The van der Waals surface area contributed by atoms with Gasteiger partial charge in [-0.05, 0) is 47.1 Å². The van der Waals surface area contributed by atoms with Crippen molar-refractivity contribution in [1.29, 1.82) is 0 Å². The summed E-state index contributed by atoms with van der Waals surface area (Å²) in [6.07, 6.45) is 0. The van der Waals surface area contributed by atoms with Gasteiger partial charge in [0.15, 0.2) is 0 Å². The third-order valence-electron chi connectivity index (χ3n) is 4.71. The number of carbonyl (C=O) groups is 3. The van der Waals surface area contributed by atoms with E-state index in [0.29, 0.717) is 54.0 Å². The molecule has 152 valence electrons. The number of benzene rings is 2. The number of urea groups is 1. The Balaban J connectivity index is 1.70. The number of amides is 4. The fourth-order valence-corrected chi connectivity index (χ4v) is 3.62. The van der Waals surface area contributed by atoms with Crippen LogP contribution in [0.15, 0.2) is 53.0 Å². The first-order valence-electron chi connectivity index (χ1n) is 9.48. The Morgan fingerprint density at radius 3 is 2.14 bits per heavy atom. The first-order valence-corrected chi connectivity index (χ1v) is 10.3. The zero-order valence-electron chi connectivity index (χ0n) is 16.2. The van der Waals surface area contributed by atoms with Crippen molar-refractivity contribution in [2.45, 2.75) is 6.92 Å². The summed E-state index contributed by atoms with van der Waals surface area (Å²) < 4.78 is 0.683. The quantitative estimate of drug-likeness (QED) is 0.737. The van der Waals surface area contributed by atoms with E-state index in [1.807, 2.05) is 13.0 Å². The number of rotatable bonds is 4. The van der Waals surface area contributed by atoms with Crippen molar-refractivity contribution in [1.82, 2.24) is 15.1 Å². The van der Waals surface area contributed by atoms with Crippen LogP contribution in [0.4, 0.5) is 10.5 Å². The molecule has 2 aromatic carbocycles. The molecule has 0 bridgehead atoms. The lowest BCUT2D eigenvalue weighted by atomic mass is 10.1. The Bertz CT molecular complexity index is 910. The molecule has 1 saturated heterocycles. The van der Waals surface area contributed by atoms with Gasteiger partial charge in [-0.1, -0.05) is 24.3 Å². The summed E-state index contributed by atoms with van der Waals surface area (Å²) in [5, 5.41) is 5.61. The molecule has 4 amide bonds. The molecule has 1 fully saturated rings. The Labute approximate surface area is 178 Å². The van der Waals surface area contributed by atoms with E-state index in [1.165, 1.54) is 0 Å². The first kappa shape index (κ1) is 20.9. The number of nitrogens with zero attached hydrogens (tertiary/aromatic N) is 2. The maximum atomic E-state index is 13.1. The van der Waals surface area contributed by atoms with E-state index in [-0.39, 0.29) is 17.8 Å². The smallest absolute Gasteiger partial charge is 0.317 e. The summed E-state index contributed by atoms with van der Waals surface area (Å²) in [4.78, 5) is 41.1. The van der Waals surface area contributed by atoms with E-state index in [9.17, 15) is 14.4 Å². The van der Waals surface area contributed by atoms with E-state index in [2.05, 4.69) is 26.6 Å². The van der Waals surface area contributed by atoms with Crippen molar-refractivity contribution < 1.29 is 14.4 Å². The van der Waals surface area contributed by atoms with E-state index in [1.54, 1.807) is 52.3 Å². The number of halogens is 1. The topological polar surface area (TPSA) is 81.8 Å². The Kier molecular flexibility index (Phi) is 6.87. The zero-order valence-corrected chi connectivity index (χ0v) is 17.7. The fraction of sp³-hybridized carbons (Fsp3) is 0.286. The summed E-state index contributed by atoms with van der Waals surface area (Å²) in [5.74, 6) is -0.456. The van der Waals surface area contributed by atoms with Gasteiger partial charge in [0.1, 0.15) is 0 Å². The molecule has 29 heavy (non-hydrogen) atoms. The van der Waals surface area contributed by atoms with Gasteiger partial charge in [0.25, 0.3) is 11.8 Å². The maximum absolute atomic E-state index is 13.1. The largest absolute Gasteiger partial charge is 0.338 e. The van der Waals surface area contributed by atoms with Gasteiger partial charge in [-0.2, -0.15) is 0 Å². The van der Waals surface area contributed by atoms with Gasteiger partial charge in [0, 0.05) is 37.2 Å². The van der Waals surface area contributed by atoms with Crippen LogP contribution in [0.25, 0.3) is 0 Å². The predicted molar refractivity (Wildman–Crippen MR) is 115 cm³/mol. The number of anilines is 1. The number of carbonyl (C=O) groups excluding carboxylic acids is 3. The van der Waals surface area contributed by atoms with Gasteiger partial charge in [-0.15, -0.1) is 0 Å². The van der Waals surface area contributed by atoms with E-state index in [4.69, 9.17) is 0 Å². The van der Waals surface area contributed by atoms with Gasteiger partial charge in [-0.3, -0.25) is 9.59 Å². The highest BCUT2D eigenvalue weighted by atomic mass is 79.9. The van der Waals surface area contributed by atoms with Gasteiger partial charge in [-0.25, -0.2) is 4.79 Å². The number of para-hydroxylation sites is 1. The van der Waals surface area contributed by atoms with Crippen molar-refractivity contribution in [2.75, 3.05) is 38.0 Å². The highest BCUT2D eigenvalue weighted by molar-refractivity contribution is 9.10. The molecule has 1 heterocycles. The van der Waals surface area contributed by atoms with Crippen LogP contribution in [0.5, 0.6) is 0 Å². The maximum Gasteiger partial charge on any atom is 0.317 e. The van der Waals surface area contributed by atoms with Gasteiger partial charge in [0.05, 0.1) is 16.8 Å². The summed E-state index contributed by atoms with van der Waals surface area (Å²) in [6, 6.07) is 14.0. The minimum absolute atomic E-state index is 0.110. The van der Waals surface area contributed by atoms with E-state index >= 15 is 0 Å². The normalized spacial score (nSPS) is 13.7. The van der Waals surface area contributed by atoms with Crippen LogP contribution in [0.3, 0.4) is 0 Å². The standard InChI is InChI=1S/C21H23BrN4O3/c1-2-23-21(29)26-13-11-25(12-14-26)20(28)16-8-4-6-10-18(16)24-19(27)15-7-3-5-9-17(15)22/h3-10H,2,11-14H2,1H3,(H,23,29)(H,24,27). The molecule has 7 nitrogen and oxygen atoms in total. The second-order valence-electron chi connectivity index (χ2n) is 6.59. The molecule has 2 N–H and O–H groups in total. The molecule has 0 radical (unpaired) electrons. The highest BCUT2D eigenvalue weighted by Gasteiger charge is 2.26. The summed E-state index contributed by atoms with van der Waals surface area (Å²) in [5.41, 5.74) is 1.38. The molecule has 8 heteroatoms. The number of hydrogen-bond acceptors (Lipinski definition) is 3. The molecule has 1 aliphatic rings.